The topological polar surface area (TPSA) is 70.7 Å². The number of likely N-dealkylation sites (N-methyl/N-ethyl adjacent to an activating group) is 1. The summed E-state index contributed by atoms with van der Waals surface area (Å²) in [7, 11) is 1.74. The standard InChI is InChI=1S/C18H20FN3O3/c1-22(11-12-25-14-7-3-2-4-8-14)13-17(23)21-18(24)20-16-10-6-5-9-15(16)19/h2-10H,11-13H2,1H3,(H2,20,21,23,24). The average molecular weight is 345 g/mol. The zero-order valence-electron chi connectivity index (χ0n) is 13.9. The Labute approximate surface area is 145 Å². The van der Waals surface area contributed by atoms with E-state index in [0.29, 0.717) is 13.2 Å². The van der Waals surface area contributed by atoms with Crippen LogP contribution in [0.15, 0.2) is 54.6 Å². The van der Waals surface area contributed by atoms with Gasteiger partial charge < -0.3 is 10.1 Å². The number of halogens is 1. The van der Waals surface area contributed by atoms with Gasteiger partial charge in [-0.25, -0.2) is 9.18 Å². The summed E-state index contributed by atoms with van der Waals surface area (Å²) in [5, 5.41) is 4.45. The van der Waals surface area contributed by atoms with Gasteiger partial charge in [-0.3, -0.25) is 15.0 Å². The predicted octanol–water partition coefficient (Wildman–Crippen LogP) is 2.48. The van der Waals surface area contributed by atoms with E-state index >= 15 is 0 Å². The molecule has 2 rings (SSSR count). The van der Waals surface area contributed by atoms with E-state index in [2.05, 4.69) is 10.6 Å². The molecule has 132 valence electrons. The third-order valence-electron chi connectivity index (χ3n) is 3.27. The van der Waals surface area contributed by atoms with Crippen molar-refractivity contribution in [3.05, 3.63) is 60.4 Å². The van der Waals surface area contributed by atoms with Crippen molar-refractivity contribution in [1.82, 2.24) is 10.2 Å². The van der Waals surface area contributed by atoms with Crippen LogP contribution in [-0.2, 0) is 4.79 Å². The maximum atomic E-state index is 13.4. The van der Waals surface area contributed by atoms with Crippen LogP contribution < -0.4 is 15.4 Å². The van der Waals surface area contributed by atoms with Gasteiger partial charge in [0.15, 0.2) is 0 Å². The third-order valence-corrected chi connectivity index (χ3v) is 3.27. The van der Waals surface area contributed by atoms with Crippen molar-refractivity contribution in [2.75, 3.05) is 32.1 Å². The van der Waals surface area contributed by atoms with Gasteiger partial charge in [-0.1, -0.05) is 30.3 Å². The van der Waals surface area contributed by atoms with Crippen LogP contribution >= 0.6 is 0 Å². The van der Waals surface area contributed by atoms with E-state index in [0.717, 1.165) is 5.75 Å². The minimum absolute atomic E-state index is 0.0115. The monoisotopic (exact) mass is 345 g/mol. The Kier molecular flexibility index (Phi) is 6.91. The Morgan fingerprint density at radius 3 is 2.48 bits per heavy atom. The van der Waals surface area contributed by atoms with E-state index in [9.17, 15) is 14.0 Å². The van der Waals surface area contributed by atoms with Crippen LogP contribution in [0.2, 0.25) is 0 Å². The van der Waals surface area contributed by atoms with Gasteiger partial charge in [-0.15, -0.1) is 0 Å². The van der Waals surface area contributed by atoms with E-state index in [4.69, 9.17) is 4.74 Å². The van der Waals surface area contributed by atoms with Crippen molar-refractivity contribution in [3.63, 3.8) is 0 Å². The smallest absolute Gasteiger partial charge is 0.326 e. The maximum absolute atomic E-state index is 13.4. The molecule has 0 unspecified atom stereocenters. The molecular weight excluding hydrogens is 325 g/mol. The normalized spacial score (nSPS) is 10.4. The largest absolute Gasteiger partial charge is 0.492 e. The lowest BCUT2D eigenvalue weighted by Crippen LogP contribution is -2.41. The SMILES string of the molecule is CN(CCOc1ccccc1)CC(=O)NC(=O)Nc1ccccc1F. The molecule has 2 aromatic rings. The molecule has 0 aliphatic carbocycles. The zero-order chi connectivity index (χ0) is 18.1. The van der Waals surface area contributed by atoms with Crippen LogP contribution in [0.4, 0.5) is 14.9 Å². The molecule has 0 fully saturated rings. The lowest BCUT2D eigenvalue weighted by molar-refractivity contribution is -0.120. The highest BCUT2D eigenvalue weighted by molar-refractivity contribution is 6.01. The number of nitrogens with one attached hydrogen (secondary N) is 2. The minimum atomic E-state index is -0.774. The Balaban J connectivity index is 1.68. The van der Waals surface area contributed by atoms with Crippen LogP contribution in [0, 0.1) is 5.82 Å². The molecule has 0 saturated heterocycles. The summed E-state index contributed by atoms with van der Waals surface area (Å²) in [5.74, 6) is -0.305. The van der Waals surface area contributed by atoms with Crippen molar-refractivity contribution in [2.24, 2.45) is 0 Å². The van der Waals surface area contributed by atoms with Crippen LogP contribution in [-0.4, -0.2) is 43.6 Å². The molecule has 0 radical (unpaired) electrons. The lowest BCUT2D eigenvalue weighted by Gasteiger charge is -2.16. The van der Waals surface area contributed by atoms with Crippen LogP contribution in [0.5, 0.6) is 5.75 Å². The van der Waals surface area contributed by atoms with E-state index < -0.39 is 17.8 Å². The Bertz CT molecular complexity index is 710. The summed E-state index contributed by atoms with van der Waals surface area (Å²) in [4.78, 5) is 25.2. The zero-order valence-corrected chi connectivity index (χ0v) is 13.9. The fraction of sp³-hybridized carbons (Fsp3) is 0.222. The maximum Gasteiger partial charge on any atom is 0.326 e. The van der Waals surface area contributed by atoms with E-state index in [1.54, 1.807) is 18.0 Å². The Hall–Kier alpha value is -2.93. The van der Waals surface area contributed by atoms with Crippen molar-refractivity contribution in [2.45, 2.75) is 0 Å². The number of rotatable bonds is 7. The first kappa shape index (κ1) is 18.4. The van der Waals surface area contributed by atoms with Crippen LogP contribution in [0.1, 0.15) is 0 Å². The summed E-state index contributed by atoms with van der Waals surface area (Å²) in [6.45, 7) is 0.940. The molecule has 7 heteroatoms. The molecule has 6 nitrogen and oxygen atoms in total. The number of ether oxygens (including phenoxy) is 1. The Morgan fingerprint density at radius 2 is 1.76 bits per heavy atom. The van der Waals surface area contributed by atoms with Gasteiger partial charge in [0.05, 0.1) is 12.2 Å². The summed E-state index contributed by atoms with van der Waals surface area (Å²) < 4.78 is 19.0. The molecule has 2 aromatic carbocycles. The fourth-order valence-electron chi connectivity index (χ4n) is 2.04. The van der Waals surface area contributed by atoms with E-state index in [1.807, 2.05) is 30.3 Å². The second-order valence-electron chi connectivity index (χ2n) is 5.38. The summed E-state index contributed by atoms with van der Waals surface area (Å²) >= 11 is 0. The fourth-order valence-corrected chi connectivity index (χ4v) is 2.04. The van der Waals surface area contributed by atoms with Gasteiger partial charge in [-0.05, 0) is 31.3 Å². The molecular formula is C18H20FN3O3. The van der Waals surface area contributed by atoms with Crippen molar-refractivity contribution >= 4 is 17.6 Å². The molecule has 0 spiro atoms. The molecule has 0 aromatic heterocycles. The van der Waals surface area contributed by atoms with Crippen molar-refractivity contribution < 1.29 is 18.7 Å². The molecule has 0 aliphatic rings. The number of anilines is 1. The molecule has 3 amide bonds. The predicted molar refractivity (Wildman–Crippen MR) is 93.0 cm³/mol. The number of urea groups is 1. The second kappa shape index (κ2) is 9.39. The molecule has 2 N–H and O–H groups in total. The third kappa shape index (κ3) is 6.60. The van der Waals surface area contributed by atoms with E-state index in [1.165, 1.54) is 18.2 Å². The number of hydrogen-bond acceptors (Lipinski definition) is 4. The molecule has 0 aliphatic heterocycles. The average Bonchev–Trinajstić information content (AvgIpc) is 2.57. The van der Waals surface area contributed by atoms with Gasteiger partial charge >= 0.3 is 6.03 Å². The quantitative estimate of drug-likeness (QED) is 0.809. The first-order valence-corrected chi connectivity index (χ1v) is 7.76. The lowest BCUT2D eigenvalue weighted by atomic mass is 10.3. The highest BCUT2D eigenvalue weighted by Crippen LogP contribution is 2.11. The second-order valence-corrected chi connectivity index (χ2v) is 5.38. The van der Waals surface area contributed by atoms with E-state index in [-0.39, 0.29) is 12.2 Å². The van der Waals surface area contributed by atoms with Crippen molar-refractivity contribution in [3.8, 4) is 5.75 Å². The number of hydrogen-bond donors (Lipinski definition) is 2. The van der Waals surface area contributed by atoms with Crippen molar-refractivity contribution in [1.29, 1.82) is 0 Å². The minimum Gasteiger partial charge on any atom is -0.492 e. The summed E-state index contributed by atoms with van der Waals surface area (Å²) in [5.41, 5.74) is 0.0115. The first-order valence-electron chi connectivity index (χ1n) is 7.76. The number of imide groups is 1. The van der Waals surface area contributed by atoms with Crippen LogP contribution in [0.25, 0.3) is 0 Å². The Morgan fingerprint density at radius 1 is 1.08 bits per heavy atom. The van der Waals surface area contributed by atoms with Gasteiger partial charge in [0.2, 0.25) is 5.91 Å². The number of benzene rings is 2. The highest BCUT2D eigenvalue weighted by Gasteiger charge is 2.12. The van der Waals surface area contributed by atoms with Gasteiger partial charge in [-0.2, -0.15) is 0 Å². The number of amides is 3. The highest BCUT2D eigenvalue weighted by atomic mass is 19.1. The molecule has 0 saturated carbocycles. The summed E-state index contributed by atoms with van der Waals surface area (Å²) in [6.07, 6.45) is 0. The van der Waals surface area contributed by atoms with Gasteiger partial charge in [0.1, 0.15) is 18.2 Å². The summed E-state index contributed by atoms with van der Waals surface area (Å²) in [6, 6.07) is 14.3. The first-order chi connectivity index (χ1) is 12.0. The number of para-hydroxylation sites is 2. The molecule has 0 bridgehead atoms. The number of carbonyl (C=O) groups excluding carboxylic acids is 2. The van der Waals surface area contributed by atoms with Gasteiger partial charge in [0, 0.05) is 6.54 Å². The molecule has 25 heavy (non-hydrogen) atoms. The molecule has 0 heterocycles. The van der Waals surface area contributed by atoms with Crippen LogP contribution in [0.3, 0.4) is 0 Å². The number of nitrogens with zero attached hydrogens (tertiary/aromatic N) is 1. The molecule has 0 atom stereocenters. The van der Waals surface area contributed by atoms with Gasteiger partial charge in [0.25, 0.3) is 0 Å². The number of carbonyl (C=O) groups is 2.